The third kappa shape index (κ3) is 4.52. The van der Waals surface area contributed by atoms with Gasteiger partial charge in [-0.15, -0.1) is 11.3 Å². The quantitative estimate of drug-likeness (QED) is 0.746. The number of carbonyl (C=O) groups is 2. The summed E-state index contributed by atoms with van der Waals surface area (Å²) in [6.07, 6.45) is 0.358. The standard InChI is InChI=1S/C16H17N3O3S/c1-22-9-15(20)19-13(16(21)18-7-6-17)8-11-10-23-14-5-3-2-4-12(11)14/h2-5,10,13H,7-9H2,1H3,(H,18,21)(H,19,20). The fourth-order valence-electron chi connectivity index (χ4n) is 2.24. The molecule has 1 heterocycles. The normalized spacial score (nSPS) is 11.7. The number of amides is 2. The number of thiophene rings is 1. The molecule has 0 saturated heterocycles. The number of fused-ring (bicyclic) bond motifs is 1. The Morgan fingerprint density at radius 1 is 1.39 bits per heavy atom. The highest BCUT2D eigenvalue weighted by Gasteiger charge is 2.22. The van der Waals surface area contributed by atoms with Crippen molar-refractivity contribution < 1.29 is 14.3 Å². The number of rotatable bonds is 7. The fraction of sp³-hybridized carbons (Fsp3) is 0.312. The van der Waals surface area contributed by atoms with Crippen molar-refractivity contribution in [3.8, 4) is 6.07 Å². The SMILES string of the molecule is COCC(=O)NC(Cc1csc2ccccc12)C(=O)NCC#N. The zero-order chi connectivity index (χ0) is 16.7. The van der Waals surface area contributed by atoms with Gasteiger partial charge in [0.05, 0.1) is 6.07 Å². The molecule has 1 aromatic carbocycles. The van der Waals surface area contributed by atoms with Gasteiger partial charge in [0.25, 0.3) is 0 Å². The van der Waals surface area contributed by atoms with Crippen LogP contribution in [-0.2, 0) is 20.7 Å². The Hall–Kier alpha value is -2.43. The van der Waals surface area contributed by atoms with Gasteiger partial charge in [-0.25, -0.2) is 0 Å². The summed E-state index contributed by atoms with van der Waals surface area (Å²) in [7, 11) is 1.41. The summed E-state index contributed by atoms with van der Waals surface area (Å²) in [6.45, 7) is -0.216. The second-order valence-electron chi connectivity index (χ2n) is 4.89. The van der Waals surface area contributed by atoms with E-state index in [1.165, 1.54) is 7.11 Å². The number of ether oxygens (including phenoxy) is 1. The topological polar surface area (TPSA) is 91.2 Å². The lowest BCUT2D eigenvalue weighted by atomic mass is 10.0. The van der Waals surface area contributed by atoms with Gasteiger partial charge in [-0.3, -0.25) is 9.59 Å². The van der Waals surface area contributed by atoms with Gasteiger partial charge in [-0.05, 0) is 22.4 Å². The number of nitriles is 1. The Morgan fingerprint density at radius 2 is 2.17 bits per heavy atom. The highest BCUT2D eigenvalue weighted by molar-refractivity contribution is 7.17. The minimum absolute atomic E-state index is 0.0974. The van der Waals surface area contributed by atoms with Crippen molar-refractivity contribution in [2.75, 3.05) is 20.3 Å². The van der Waals surface area contributed by atoms with Crippen LogP contribution in [0.4, 0.5) is 0 Å². The Bertz CT molecular complexity index is 735. The summed E-state index contributed by atoms with van der Waals surface area (Å²) >= 11 is 1.59. The summed E-state index contributed by atoms with van der Waals surface area (Å²) < 4.78 is 5.90. The summed E-state index contributed by atoms with van der Waals surface area (Å²) in [5.41, 5.74) is 0.987. The molecule has 2 amide bonds. The number of nitrogens with one attached hydrogen (secondary N) is 2. The van der Waals surface area contributed by atoms with E-state index in [-0.39, 0.29) is 25.0 Å². The van der Waals surface area contributed by atoms with Crippen molar-refractivity contribution in [1.82, 2.24) is 10.6 Å². The van der Waals surface area contributed by atoms with E-state index in [1.54, 1.807) is 11.3 Å². The lowest BCUT2D eigenvalue weighted by Gasteiger charge is -2.17. The molecule has 0 aliphatic carbocycles. The molecular weight excluding hydrogens is 314 g/mol. The molecular formula is C16H17N3O3S. The highest BCUT2D eigenvalue weighted by Crippen LogP contribution is 2.26. The molecule has 23 heavy (non-hydrogen) atoms. The first kappa shape index (κ1) is 16.9. The van der Waals surface area contributed by atoms with Crippen LogP contribution in [0.5, 0.6) is 0 Å². The van der Waals surface area contributed by atoms with Crippen LogP contribution in [0.25, 0.3) is 10.1 Å². The van der Waals surface area contributed by atoms with Gasteiger partial charge in [-0.2, -0.15) is 5.26 Å². The molecule has 0 radical (unpaired) electrons. The Balaban J connectivity index is 2.17. The van der Waals surface area contributed by atoms with Gasteiger partial charge < -0.3 is 15.4 Å². The minimum atomic E-state index is -0.746. The van der Waals surface area contributed by atoms with Gasteiger partial charge >= 0.3 is 0 Å². The molecule has 1 aromatic heterocycles. The number of methoxy groups -OCH3 is 1. The molecule has 0 aliphatic heterocycles. The molecule has 120 valence electrons. The lowest BCUT2D eigenvalue weighted by Crippen LogP contribution is -2.49. The Kier molecular flexibility index (Phi) is 6.09. The van der Waals surface area contributed by atoms with Crippen LogP contribution in [0.2, 0.25) is 0 Å². The fourth-order valence-corrected chi connectivity index (χ4v) is 3.21. The maximum Gasteiger partial charge on any atom is 0.246 e. The third-order valence-electron chi connectivity index (χ3n) is 3.25. The van der Waals surface area contributed by atoms with E-state index in [0.717, 1.165) is 15.6 Å². The maximum atomic E-state index is 12.2. The predicted octanol–water partition coefficient (Wildman–Crippen LogP) is 1.21. The summed E-state index contributed by atoms with van der Waals surface area (Å²) in [6, 6.07) is 9.00. The van der Waals surface area contributed by atoms with Gasteiger partial charge in [0.1, 0.15) is 19.2 Å². The highest BCUT2D eigenvalue weighted by atomic mass is 32.1. The molecule has 0 aliphatic rings. The van der Waals surface area contributed by atoms with Gasteiger partial charge in [0.15, 0.2) is 0 Å². The first-order chi connectivity index (χ1) is 11.2. The van der Waals surface area contributed by atoms with E-state index in [9.17, 15) is 9.59 Å². The third-order valence-corrected chi connectivity index (χ3v) is 4.27. The molecule has 0 spiro atoms. The zero-order valence-electron chi connectivity index (χ0n) is 12.7. The van der Waals surface area contributed by atoms with E-state index in [2.05, 4.69) is 10.6 Å². The van der Waals surface area contributed by atoms with E-state index in [0.29, 0.717) is 6.42 Å². The largest absolute Gasteiger partial charge is 0.375 e. The van der Waals surface area contributed by atoms with Crippen LogP contribution >= 0.6 is 11.3 Å². The second kappa shape index (κ2) is 8.27. The van der Waals surface area contributed by atoms with Crippen molar-refractivity contribution in [2.24, 2.45) is 0 Å². The molecule has 1 atom stereocenters. The first-order valence-electron chi connectivity index (χ1n) is 7.03. The molecule has 0 saturated carbocycles. The smallest absolute Gasteiger partial charge is 0.246 e. The molecule has 0 fully saturated rings. The van der Waals surface area contributed by atoms with Crippen LogP contribution in [-0.4, -0.2) is 38.1 Å². The van der Waals surface area contributed by atoms with Gasteiger partial charge in [-0.1, -0.05) is 18.2 Å². The summed E-state index contributed by atoms with van der Waals surface area (Å²) in [4.78, 5) is 23.9. The molecule has 0 bridgehead atoms. The van der Waals surface area contributed by atoms with Crippen LogP contribution in [0.3, 0.4) is 0 Å². The Labute approximate surface area is 138 Å². The number of hydrogen-bond donors (Lipinski definition) is 2. The van der Waals surface area contributed by atoms with Crippen molar-refractivity contribution in [3.63, 3.8) is 0 Å². The average molecular weight is 331 g/mol. The van der Waals surface area contributed by atoms with Crippen molar-refractivity contribution in [3.05, 3.63) is 35.2 Å². The average Bonchev–Trinajstić information content (AvgIpc) is 2.95. The van der Waals surface area contributed by atoms with Gasteiger partial charge in [0, 0.05) is 18.2 Å². The second-order valence-corrected chi connectivity index (χ2v) is 5.80. The molecule has 2 rings (SSSR count). The van der Waals surface area contributed by atoms with E-state index >= 15 is 0 Å². The van der Waals surface area contributed by atoms with E-state index in [4.69, 9.17) is 10.00 Å². The summed E-state index contributed by atoms with van der Waals surface area (Å²) in [5.74, 6) is -0.754. The molecule has 2 N–H and O–H groups in total. The molecule has 2 aromatic rings. The summed E-state index contributed by atoms with van der Waals surface area (Å²) in [5, 5.41) is 16.8. The lowest BCUT2D eigenvalue weighted by molar-refractivity contribution is -0.130. The zero-order valence-corrected chi connectivity index (χ0v) is 13.5. The van der Waals surface area contributed by atoms with Crippen molar-refractivity contribution in [1.29, 1.82) is 5.26 Å². The molecule has 6 nitrogen and oxygen atoms in total. The number of nitrogens with zero attached hydrogens (tertiary/aromatic N) is 1. The minimum Gasteiger partial charge on any atom is -0.375 e. The van der Waals surface area contributed by atoms with Crippen LogP contribution in [0, 0.1) is 11.3 Å². The molecule has 7 heteroatoms. The maximum absolute atomic E-state index is 12.2. The van der Waals surface area contributed by atoms with Crippen LogP contribution < -0.4 is 10.6 Å². The van der Waals surface area contributed by atoms with E-state index < -0.39 is 6.04 Å². The number of carbonyl (C=O) groups excluding carboxylic acids is 2. The number of benzene rings is 1. The predicted molar refractivity (Wildman–Crippen MR) is 88.0 cm³/mol. The van der Waals surface area contributed by atoms with Crippen molar-refractivity contribution in [2.45, 2.75) is 12.5 Å². The van der Waals surface area contributed by atoms with Crippen LogP contribution in [0.15, 0.2) is 29.6 Å². The Morgan fingerprint density at radius 3 is 2.91 bits per heavy atom. The van der Waals surface area contributed by atoms with Gasteiger partial charge in [0.2, 0.25) is 11.8 Å². The van der Waals surface area contributed by atoms with Crippen LogP contribution in [0.1, 0.15) is 5.56 Å². The van der Waals surface area contributed by atoms with E-state index in [1.807, 2.05) is 35.7 Å². The molecule has 1 unspecified atom stereocenters. The number of hydrogen-bond acceptors (Lipinski definition) is 5. The first-order valence-corrected chi connectivity index (χ1v) is 7.91. The van der Waals surface area contributed by atoms with Crippen molar-refractivity contribution >= 4 is 33.2 Å². The monoisotopic (exact) mass is 331 g/mol.